The van der Waals surface area contributed by atoms with Gasteiger partial charge in [-0.2, -0.15) is 0 Å². The summed E-state index contributed by atoms with van der Waals surface area (Å²) in [5.74, 6) is 0.873. The second kappa shape index (κ2) is 9.89. The van der Waals surface area contributed by atoms with Gasteiger partial charge in [0.2, 0.25) is 0 Å². The van der Waals surface area contributed by atoms with E-state index in [1.165, 1.54) is 0 Å². The summed E-state index contributed by atoms with van der Waals surface area (Å²) in [6, 6.07) is 3.32. The number of hydrogen-bond acceptors (Lipinski definition) is 5. The van der Waals surface area contributed by atoms with Gasteiger partial charge in [-0.1, -0.05) is 0 Å². The molecule has 8 nitrogen and oxygen atoms in total. The van der Waals surface area contributed by atoms with Crippen LogP contribution in [0.1, 0.15) is 31.2 Å². The van der Waals surface area contributed by atoms with Crippen LogP contribution < -0.4 is 24.8 Å². The van der Waals surface area contributed by atoms with Crippen molar-refractivity contribution >= 4 is 12.0 Å². The highest BCUT2D eigenvalue weighted by Crippen LogP contribution is 2.34. The Morgan fingerprint density at radius 1 is 1.04 bits per heavy atom. The molecule has 2 amide bonds. The third-order valence-corrected chi connectivity index (χ3v) is 4.89. The Kier molecular flexibility index (Phi) is 7.57. The van der Waals surface area contributed by atoms with Crippen LogP contribution in [0.25, 0.3) is 0 Å². The summed E-state index contributed by atoms with van der Waals surface area (Å²) < 4.78 is 16.0. The first kappa shape index (κ1) is 20.7. The number of urea groups is 1. The zero-order chi connectivity index (χ0) is 19.8. The van der Waals surface area contributed by atoms with Gasteiger partial charge in [0.15, 0.2) is 0 Å². The number of carboxylic acids is 1. The number of rotatable bonds is 8. The van der Waals surface area contributed by atoms with Crippen molar-refractivity contribution in [2.45, 2.75) is 38.1 Å². The second-order valence-corrected chi connectivity index (χ2v) is 6.55. The average molecular weight is 380 g/mol. The van der Waals surface area contributed by atoms with Gasteiger partial charge in [-0.05, 0) is 32.1 Å². The number of aliphatic carboxylic acids is 1. The predicted octanol–water partition coefficient (Wildman–Crippen LogP) is 2.20. The minimum atomic E-state index is -0.750. The zero-order valence-electron chi connectivity index (χ0n) is 16.0. The Balaban J connectivity index is 1.84. The third kappa shape index (κ3) is 5.67. The van der Waals surface area contributed by atoms with E-state index in [1.54, 1.807) is 33.5 Å². The highest BCUT2D eigenvalue weighted by atomic mass is 16.5. The van der Waals surface area contributed by atoms with Crippen molar-refractivity contribution in [3.8, 4) is 17.2 Å². The summed E-state index contributed by atoms with van der Waals surface area (Å²) in [6.45, 7) is 0.412. The molecule has 1 aromatic carbocycles. The molecule has 1 fully saturated rings. The van der Waals surface area contributed by atoms with Crippen molar-refractivity contribution in [1.82, 2.24) is 10.6 Å². The van der Waals surface area contributed by atoms with Crippen molar-refractivity contribution in [3.05, 3.63) is 17.7 Å². The van der Waals surface area contributed by atoms with Crippen LogP contribution in [0.4, 0.5) is 4.79 Å². The van der Waals surface area contributed by atoms with Gasteiger partial charge >= 0.3 is 12.0 Å². The SMILES string of the molecule is COc1cc(OC)c(CCNC(=O)NC2CCC(C(=O)O)CC2)c(OC)c1. The number of carbonyl (C=O) groups excluding carboxylic acids is 1. The van der Waals surface area contributed by atoms with Gasteiger partial charge in [-0.15, -0.1) is 0 Å². The molecule has 0 spiro atoms. The summed E-state index contributed by atoms with van der Waals surface area (Å²) in [4.78, 5) is 23.1. The monoisotopic (exact) mass is 380 g/mol. The van der Waals surface area contributed by atoms with E-state index in [1.807, 2.05) is 0 Å². The Morgan fingerprint density at radius 3 is 2.11 bits per heavy atom. The number of methoxy groups -OCH3 is 3. The van der Waals surface area contributed by atoms with Crippen LogP contribution >= 0.6 is 0 Å². The number of amides is 2. The van der Waals surface area contributed by atoms with E-state index in [2.05, 4.69) is 10.6 Å². The Hall–Kier alpha value is -2.64. The van der Waals surface area contributed by atoms with Crippen LogP contribution in [-0.2, 0) is 11.2 Å². The van der Waals surface area contributed by atoms with Crippen LogP contribution in [-0.4, -0.2) is 51.0 Å². The van der Waals surface area contributed by atoms with Gasteiger partial charge in [0, 0.05) is 30.3 Å². The lowest BCUT2D eigenvalue weighted by molar-refractivity contribution is -0.142. The minimum absolute atomic E-state index is 0.0191. The molecule has 8 heteroatoms. The largest absolute Gasteiger partial charge is 0.496 e. The minimum Gasteiger partial charge on any atom is -0.496 e. The number of hydrogen-bond donors (Lipinski definition) is 3. The van der Waals surface area contributed by atoms with Crippen molar-refractivity contribution in [3.63, 3.8) is 0 Å². The van der Waals surface area contributed by atoms with Gasteiger partial charge in [0.25, 0.3) is 0 Å². The fourth-order valence-corrected chi connectivity index (χ4v) is 3.35. The molecular weight excluding hydrogens is 352 g/mol. The van der Waals surface area contributed by atoms with Gasteiger partial charge in [0.1, 0.15) is 17.2 Å². The maximum atomic E-state index is 12.1. The summed E-state index contributed by atoms with van der Waals surface area (Å²) in [5.41, 5.74) is 0.850. The highest BCUT2D eigenvalue weighted by Gasteiger charge is 2.26. The molecule has 0 saturated heterocycles. The second-order valence-electron chi connectivity index (χ2n) is 6.55. The zero-order valence-corrected chi connectivity index (χ0v) is 16.0. The Labute approximate surface area is 159 Å². The van der Waals surface area contributed by atoms with Crippen LogP contribution in [0, 0.1) is 5.92 Å². The van der Waals surface area contributed by atoms with Crippen LogP contribution in [0.15, 0.2) is 12.1 Å². The standard InChI is InChI=1S/C19H28N2O6/c1-25-14-10-16(26-2)15(17(11-14)27-3)8-9-20-19(24)21-13-6-4-12(5-7-13)18(22)23/h10-13H,4-9H2,1-3H3,(H,22,23)(H2,20,21,24). The lowest BCUT2D eigenvalue weighted by Gasteiger charge is -2.26. The van der Waals surface area contributed by atoms with E-state index in [9.17, 15) is 9.59 Å². The first-order chi connectivity index (χ1) is 13.0. The van der Waals surface area contributed by atoms with Crippen molar-refractivity contribution < 1.29 is 28.9 Å². The molecule has 27 heavy (non-hydrogen) atoms. The smallest absolute Gasteiger partial charge is 0.315 e. The number of carbonyl (C=O) groups is 2. The molecular formula is C19H28N2O6. The van der Waals surface area contributed by atoms with Crippen LogP contribution in [0.2, 0.25) is 0 Å². The summed E-state index contributed by atoms with van der Waals surface area (Å²) >= 11 is 0. The molecule has 0 heterocycles. The summed E-state index contributed by atoms with van der Waals surface area (Å²) in [7, 11) is 4.72. The third-order valence-electron chi connectivity index (χ3n) is 4.89. The molecule has 0 unspecified atom stereocenters. The molecule has 0 aliphatic heterocycles. The number of ether oxygens (including phenoxy) is 3. The number of nitrogens with one attached hydrogen (secondary N) is 2. The molecule has 1 saturated carbocycles. The van der Waals surface area contributed by atoms with E-state index in [-0.39, 0.29) is 18.0 Å². The molecule has 0 radical (unpaired) electrons. The van der Waals surface area contributed by atoms with Crippen LogP contribution in [0.3, 0.4) is 0 Å². The topological polar surface area (TPSA) is 106 Å². The van der Waals surface area contributed by atoms with E-state index in [0.717, 1.165) is 5.56 Å². The number of benzene rings is 1. The van der Waals surface area contributed by atoms with Gasteiger partial charge in [0.05, 0.1) is 27.2 Å². The molecule has 0 atom stereocenters. The molecule has 1 aliphatic carbocycles. The summed E-state index contributed by atoms with van der Waals surface area (Å²) in [5, 5.41) is 14.8. The molecule has 3 N–H and O–H groups in total. The fraction of sp³-hybridized carbons (Fsp3) is 0.579. The number of carboxylic acid groups (broad SMARTS) is 1. The maximum Gasteiger partial charge on any atom is 0.315 e. The lowest BCUT2D eigenvalue weighted by Crippen LogP contribution is -2.44. The van der Waals surface area contributed by atoms with Crippen molar-refractivity contribution in [2.75, 3.05) is 27.9 Å². The maximum absolute atomic E-state index is 12.1. The van der Waals surface area contributed by atoms with Gasteiger partial charge in [-0.25, -0.2) is 4.79 Å². The average Bonchev–Trinajstić information content (AvgIpc) is 2.68. The molecule has 150 valence electrons. The van der Waals surface area contributed by atoms with E-state index in [4.69, 9.17) is 19.3 Å². The molecule has 0 bridgehead atoms. The van der Waals surface area contributed by atoms with E-state index < -0.39 is 5.97 Å². The van der Waals surface area contributed by atoms with E-state index in [0.29, 0.717) is 55.9 Å². The normalized spacial score (nSPS) is 19.1. The van der Waals surface area contributed by atoms with E-state index >= 15 is 0 Å². The predicted molar refractivity (Wildman–Crippen MR) is 99.7 cm³/mol. The Bertz CT molecular complexity index is 631. The fourth-order valence-electron chi connectivity index (χ4n) is 3.35. The molecule has 1 aromatic rings. The quantitative estimate of drug-likeness (QED) is 0.638. The Morgan fingerprint density at radius 2 is 1.63 bits per heavy atom. The van der Waals surface area contributed by atoms with Crippen molar-refractivity contribution in [2.24, 2.45) is 5.92 Å². The highest BCUT2D eigenvalue weighted by molar-refractivity contribution is 5.74. The van der Waals surface area contributed by atoms with Gasteiger partial charge < -0.3 is 30.0 Å². The molecule has 2 rings (SSSR count). The summed E-state index contributed by atoms with van der Waals surface area (Å²) in [6.07, 6.45) is 3.10. The lowest BCUT2D eigenvalue weighted by atomic mass is 9.86. The first-order valence-corrected chi connectivity index (χ1v) is 9.04. The van der Waals surface area contributed by atoms with Crippen LogP contribution in [0.5, 0.6) is 17.2 Å². The van der Waals surface area contributed by atoms with Gasteiger partial charge in [-0.3, -0.25) is 4.79 Å². The molecule has 0 aromatic heterocycles. The first-order valence-electron chi connectivity index (χ1n) is 9.04. The van der Waals surface area contributed by atoms with Crippen molar-refractivity contribution in [1.29, 1.82) is 0 Å². The molecule has 1 aliphatic rings.